The first-order chi connectivity index (χ1) is 33.0. The van der Waals surface area contributed by atoms with E-state index in [1.54, 1.807) is 24.4 Å². The Morgan fingerprint density at radius 3 is 2.43 bits per heavy atom. The summed E-state index contributed by atoms with van der Waals surface area (Å²) in [5.41, 5.74) is 1.93. The molecule has 5 fully saturated rings. The third-order valence-corrected chi connectivity index (χ3v) is 15.2. The van der Waals surface area contributed by atoms with Crippen molar-refractivity contribution in [2.75, 3.05) is 80.6 Å². The number of pyridine rings is 1. The summed E-state index contributed by atoms with van der Waals surface area (Å²) in [4.78, 5) is 47.4. The van der Waals surface area contributed by atoms with Gasteiger partial charge in [0.25, 0.3) is 0 Å². The van der Waals surface area contributed by atoms with Crippen LogP contribution < -0.4 is 25.2 Å². The van der Waals surface area contributed by atoms with Crippen LogP contribution in [0.25, 0.3) is 32.9 Å². The number of carbonyl (C=O) groups excluding carboxylic acids is 2. The van der Waals surface area contributed by atoms with Crippen LogP contribution in [0, 0.1) is 35.2 Å². The Morgan fingerprint density at radius 2 is 1.66 bits per heavy atom. The topological polar surface area (TPSA) is 139 Å². The van der Waals surface area contributed by atoms with Gasteiger partial charge in [-0.05, 0) is 142 Å². The lowest BCUT2D eigenvalue weighted by Crippen LogP contribution is -2.47. The second-order valence-corrected chi connectivity index (χ2v) is 19.9. The van der Waals surface area contributed by atoms with Gasteiger partial charge < -0.3 is 29.9 Å². The number of likely N-dealkylation sites (tertiary alicyclic amines) is 2. The number of halogens is 3. The maximum absolute atomic E-state index is 17.0. The molecule has 10 rings (SSSR count). The highest BCUT2D eigenvalue weighted by Gasteiger charge is 2.34. The van der Waals surface area contributed by atoms with Gasteiger partial charge in [-0.2, -0.15) is 9.97 Å². The molecule has 5 saturated heterocycles. The van der Waals surface area contributed by atoms with Gasteiger partial charge in [0, 0.05) is 75.1 Å². The van der Waals surface area contributed by atoms with Crippen molar-refractivity contribution in [3.8, 4) is 23.0 Å². The fourth-order valence-corrected chi connectivity index (χ4v) is 11.5. The van der Waals surface area contributed by atoms with E-state index >= 15 is 13.2 Å². The van der Waals surface area contributed by atoms with E-state index in [0.29, 0.717) is 81.8 Å². The molecule has 0 bridgehead atoms. The van der Waals surface area contributed by atoms with E-state index in [-0.39, 0.29) is 52.9 Å². The smallest absolute Gasteiger partial charge is 0.319 e. The maximum atomic E-state index is 17.0. The van der Waals surface area contributed by atoms with Gasteiger partial charge >= 0.3 is 6.01 Å². The Labute approximate surface area is 395 Å². The van der Waals surface area contributed by atoms with Crippen LogP contribution in [0.1, 0.15) is 77.2 Å². The average Bonchev–Trinajstić information content (AvgIpc) is 3.81. The molecule has 13 nitrogen and oxygen atoms in total. The number of phenols is 1. The Kier molecular flexibility index (Phi) is 13.3. The van der Waals surface area contributed by atoms with Gasteiger partial charge in [0.2, 0.25) is 11.8 Å². The minimum absolute atomic E-state index is 0.0110. The van der Waals surface area contributed by atoms with Gasteiger partial charge in [0.05, 0.1) is 17.7 Å². The monoisotopic (exact) mass is 933 g/mol. The number of nitrogens with zero attached hydrogens (tertiary/aromatic N) is 7. The van der Waals surface area contributed by atoms with Crippen molar-refractivity contribution in [1.82, 2.24) is 30.1 Å². The van der Waals surface area contributed by atoms with Gasteiger partial charge in [-0.15, -0.1) is 0 Å². The van der Waals surface area contributed by atoms with Gasteiger partial charge in [-0.1, -0.05) is 19.9 Å². The fraction of sp³-hybridized carbons (Fsp3) is 0.519. The number of ether oxygens (including phenoxy) is 1. The third kappa shape index (κ3) is 9.63. The lowest BCUT2D eigenvalue weighted by Gasteiger charge is -2.40. The molecule has 2 amide bonds. The van der Waals surface area contributed by atoms with Gasteiger partial charge in [-0.3, -0.25) is 24.8 Å². The van der Waals surface area contributed by atoms with Crippen LogP contribution in [0.4, 0.5) is 30.4 Å². The number of imide groups is 1. The minimum atomic E-state index is -0.663. The number of piperidine rings is 4. The molecule has 7 heterocycles. The third-order valence-electron chi connectivity index (χ3n) is 15.2. The number of nitrogens with one attached hydrogen (secondary N) is 2. The summed E-state index contributed by atoms with van der Waals surface area (Å²) in [7, 11) is 0. The first kappa shape index (κ1) is 46.0. The molecule has 0 aliphatic carbocycles. The molecule has 3 aromatic carbocycles. The molecule has 68 heavy (non-hydrogen) atoms. The summed E-state index contributed by atoms with van der Waals surface area (Å²) in [6, 6.07) is 11.1. The lowest BCUT2D eigenvalue weighted by atomic mass is 9.94. The molecule has 5 aromatic rings. The van der Waals surface area contributed by atoms with Crippen LogP contribution in [0.2, 0.25) is 0 Å². The highest BCUT2D eigenvalue weighted by molar-refractivity contribution is 6.02. The number of hydrogen-bond donors (Lipinski definition) is 3. The van der Waals surface area contributed by atoms with Crippen molar-refractivity contribution >= 4 is 50.7 Å². The zero-order valence-corrected chi connectivity index (χ0v) is 39.1. The maximum Gasteiger partial charge on any atom is 0.319 e. The van der Waals surface area contributed by atoms with Crippen molar-refractivity contribution in [3.63, 3.8) is 0 Å². The summed E-state index contributed by atoms with van der Waals surface area (Å²) in [6.45, 7) is 12.7. The van der Waals surface area contributed by atoms with E-state index < -0.39 is 17.7 Å². The molecule has 2 unspecified atom stereocenters. The van der Waals surface area contributed by atoms with Crippen LogP contribution in [-0.4, -0.2) is 119 Å². The number of carbonyl (C=O) groups is 2. The number of benzene rings is 3. The lowest BCUT2D eigenvalue weighted by molar-refractivity contribution is -0.133. The van der Waals surface area contributed by atoms with E-state index in [1.807, 2.05) is 13.0 Å². The van der Waals surface area contributed by atoms with Crippen molar-refractivity contribution < 1.29 is 32.6 Å². The molecule has 5 aliphatic rings. The number of amides is 2. The number of anilines is 3. The van der Waals surface area contributed by atoms with Crippen LogP contribution >= 0.6 is 0 Å². The molecule has 2 aromatic heterocycles. The molecule has 16 heteroatoms. The summed E-state index contributed by atoms with van der Waals surface area (Å²) in [5, 5.41) is 17.7. The van der Waals surface area contributed by atoms with Crippen LogP contribution in [0.3, 0.4) is 0 Å². The summed E-state index contributed by atoms with van der Waals surface area (Å²) in [6.07, 6.45) is 9.95. The normalized spacial score (nSPS) is 22.6. The molecule has 0 saturated carbocycles. The number of aromatic nitrogens is 3. The molecular weight excluding hydrogens is 872 g/mol. The quantitative estimate of drug-likeness (QED) is 0.104. The molecule has 360 valence electrons. The average molecular weight is 934 g/mol. The van der Waals surface area contributed by atoms with E-state index in [1.165, 1.54) is 18.2 Å². The highest BCUT2D eigenvalue weighted by atomic mass is 19.1. The van der Waals surface area contributed by atoms with E-state index in [2.05, 4.69) is 42.1 Å². The number of phenolic OH excluding ortho intramolecular Hbond substituents is 1. The van der Waals surface area contributed by atoms with Crippen LogP contribution in [-0.2, 0) is 16.0 Å². The molecule has 3 atom stereocenters. The van der Waals surface area contributed by atoms with E-state index in [0.717, 1.165) is 104 Å². The number of aryl methyl sites for hydroxylation is 1. The Balaban J connectivity index is 0.746. The Hall–Kier alpha value is -5.74. The zero-order chi connectivity index (χ0) is 47.1. The molecule has 3 N–H and O–H groups in total. The van der Waals surface area contributed by atoms with Crippen LogP contribution in [0.15, 0.2) is 48.7 Å². The number of rotatable bonds is 12. The molecular formula is C52H62F3N9O4. The predicted molar refractivity (Wildman–Crippen MR) is 258 cm³/mol. The molecule has 0 spiro atoms. The largest absolute Gasteiger partial charge is 0.508 e. The summed E-state index contributed by atoms with van der Waals surface area (Å²) < 4.78 is 53.9. The minimum Gasteiger partial charge on any atom is -0.508 e. The second kappa shape index (κ2) is 19.7. The predicted octanol–water partition coefficient (Wildman–Crippen LogP) is 8.07. The zero-order valence-electron chi connectivity index (χ0n) is 39.1. The number of hydrogen-bond acceptors (Lipinski definition) is 12. The SMILES string of the molecule is CCc1c(F)ccc2cc(O)cc(-c3ncc4c(N5CCC[C@H](C)C5)nc(OCC5CCN(C6CCN(CC7CCN(c8ccc(NC9CCC(=O)NC9=O)cc8F)CC7)CC6)C5)nc4c3F)c12. The van der Waals surface area contributed by atoms with Crippen molar-refractivity contribution in [1.29, 1.82) is 0 Å². The number of aromatic hydroxyl groups is 1. The van der Waals surface area contributed by atoms with E-state index in [9.17, 15) is 14.7 Å². The van der Waals surface area contributed by atoms with Gasteiger partial charge in [0.15, 0.2) is 5.82 Å². The summed E-state index contributed by atoms with van der Waals surface area (Å²) >= 11 is 0. The Bertz CT molecular complexity index is 2690. The summed E-state index contributed by atoms with van der Waals surface area (Å²) in [5.74, 6) is -0.214. The fourth-order valence-electron chi connectivity index (χ4n) is 11.5. The van der Waals surface area contributed by atoms with Gasteiger partial charge in [0.1, 0.15) is 40.5 Å². The number of fused-ring (bicyclic) bond motifs is 2. The van der Waals surface area contributed by atoms with Crippen molar-refractivity contribution in [3.05, 3.63) is 71.7 Å². The highest BCUT2D eigenvalue weighted by Crippen LogP contribution is 2.40. The molecule has 5 aliphatic heterocycles. The Morgan fingerprint density at radius 1 is 0.853 bits per heavy atom. The molecule has 0 radical (unpaired) electrons. The van der Waals surface area contributed by atoms with Crippen molar-refractivity contribution in [2.45, 2.75) is 90.1 Å². The van der Waals surface area contributed by atoms with Crippen LogP contribution in [0.5, 0.6) is 11.8 Å². The first-order valence-electron chi connectivity index (χ1n) is 24.8. The van der Waals surface area contributed by atoms with E-state index in [4.69, 9.17) is 14.7 Å². The second-order valence-electron chi connectivity index (χ2n) is 19.9. The first-order valence-corrected chi connectivity index (χ1v) is 24.8. The van der Waals surface area contributed by atoms with Gasteiger partial charge in [-0.25, -0.2) is 13.2 Å². The van der Waals surface area contributed by atoms with Crippen molar-refractivity contribution in [2.24, 2.45) is 17.8 Å². The standard InChI is InChI=1S/C52H62F3N9O4/c1-3-38-41(53)8-6-34-23-37(65)25-39(46(34)38)48-47(55)49-40(26-56-48)50(64-17-4-5-31(2)27-64)60-52(59-49)68-30-33-14-22-63(29-33)36-15-18-61(19-16-36)28-32-12-20-62(21-13-32)44-10-7-35(24-42(44)54)57-43-9-11-45(66)58-51(43)67/h6-8,10,23-26,31-33,36,43,57,65H,3-5,9,11-22,27-30H2,1-2H3,(H,58,66,67)/t31-,33?,43?/m0/s1.